The molecule has 0 saturated carbocycles. The molecule has 0 spiro atoms. The van der Waals surface area contributed by atoms with Crippen LogP contribution in [0.5, 0.6) is 11.5 Å². The summed E-state index contributed by atoms with van der Waals surface area (Å²) in [6, 6.07) is 6.68. The predicted octanol–water partition coefficient (Wildman–Crippen LogP) is 4.79. The molecule has 0 aliphatic carbocycles. The number of carbonyl (C=O) groups excluding carboxylic acids is 1. The molecule has 4 rings (SSSR count). The van der Waals surface area contributed by atoms with Crippen LogP contribution in [0.1, 0.15) is 37.3 Å². The highest BCUT2D eigenvalue weighted by molar-refractivity contribution is 9.11. The Morgan fingerprint density at radius 1 is 1.17 bits per heavy atom. The van der Waals surface area contributed by atoms with E-state index in [2.05, 4.69) is 36.9 Å². The van der Waals surface area contributed by atoms with Gasteiger partial charge in [-0.1, -0.05) is 27.3 Å². The minimum atomic E-state index is -0.763. The fourth-order valence-corrected chi connectivity index (χ4v) is 6.83. The molecule has 184 valence electrons. The number of thiophene rings is 1. The lowest BCUT2D eigenvalue weighted by molar-refractivity contribution is -0.139. The van der Waals surface area contributed by atoms with Crippen molar-refractivity contribution >= 4 is 66.6 Å². The van der Waals surface area contributed by atoms with Crippen LogP contribution in [-0.2, 0) is 9.53 Å². The summed E-state index contributed by atoms with van der Waals surface area (Å²) in [6.07, 6.45) is 1.84. The number of hydrogen-bond acceptors (Lipinski definition) is 8. The van der Waals surface area contributed by atoms with Crippen LogP contribution in [0.15, 0.2) is 53.6 Å². The Hall–Kier alpha value is -2.21. The van der Waals surface area contributed by atoms with Gasteiger partial charge in [-0.25, -0.2) is 9.79 Å². The van der Waals surface area contributed by atoms with Gasteiger partial charge in [0.2, 0.25) is 0 Å². The fourth-order valence-electron chi connectivity index (χ4n) is 3.81. The molecule has 1 atom stereocenters. The van der Waals surface area contributed by atoms with Crippen LogP contribution < -0.4 is 24.4 Å². The molecular weight excluding hydrogens is 620 g/mol. The minimum absolute atomic E-state index is 0.202. The Balaban J connectivity index is 2.00. The van der Waals surface area contributed by atoms with Crippen LogP contribution in [0.2, 0.25) is 0 Å². The van der Waals surface area contributed by atoms with Crippen molar-refractivity contribution in [2.24, 2.45) is 4.99 Å². The van der Waals surface area contributed by atoms with Gasteiger partial charge in [-0.2, -0.15) is 0 Å². The van der Waals surface area contributed by atoms with E-state index in [0.29, 0.717) is 48.7 Å². The smallest absolute Gasteiger partial charge is 0.338 e. The molecule has 3 heterocycles. The molecule has 35 heavy (non-hydrogen) atoms. The van der Waals surface area contributed by atoms with E-state index in [1.165, 1.54) is 22.7 Å². The fraction of sp³-hybridized carbons (Fsp3) is 0.292. The second-order valence-corrected chi connectivity index (χ2v) is 11.8. The number of rotatable bonds is 7. The number of ether oxygens (including phenoxy) is 3. The zero-order valence-electron chi connectivity index (χ0n) is 19.4. The van der Waals surface area contributed by atoms with Crippen molar-refractivity contribution in [3.8, 4) is 11.5 Å². The van der Waals surface area contributed by atoms with Crippen molar-refractivity contribution in [1.29, 1.82) is 0 Å². The van der Waals surface area contributed by atoms with E-state index in [1.807, 2.05) is 25.1 Å². The van der Waals surface area contributed by atoms with E-state index in [9.17, 15) is 9.59 Å². The number of esters is 1. The number of halogens is 2. The Morgan fingerprint density at radius 3 is 2.57 bits per heavy atom. The molecule has 0 fully saturated rings. The first kappa shape index (κ1) is 25.9. The summed E-state index contributed by atoms with van der Waals surface area (Å²) in [5, 5.41) is 0. The summed E-state index contributed by atoms with van der Waals surface area (Å²) in [7, 11) is 1.55. The van der Waals surface area contributed by atoms with Crippen LogP contribution in [0.25, 0.3) is 6.08 Å². The van der Waals surface area contributed by atoms with E-state index in [1.54, 1.807) is 37.7 Å². The number of fused-ring (bicyclic) bond motifs is 1. The molecule has 0 radical (unpaired) electrons. The largest absolute Gasteiger partial charge is 0.493 e. The maximum Gasteiger partial charge on any atom is 0.338 e. The normalized spacial score (nSPS) is 15.6. The first-order chi connectivity index (χ1) is 16.8. The van der Waals surface area contributed by atoms with E-state index in [-0.39, 0.29) is 12.2 Å². The lowest BCUT2D eigenvalue weighted by Gasteiger charge is -2.26. The first-order valence-corrected chi connectivity index (χ1v) is 14.0. The SMILES string of the molecule is CCOC(=O)C1=C(C)N=c2s/c(=C/c3ccc(Br)s3)c(=O)n2[C@H]1c1cc(OC)c(OCC)cc1Br. The van der Waals surface area contributed by atoms with Gasteiger partial charge in [-0.15, -0.1) is 11.3 Å². The van der Waals surface area contributed by atoms with Gasteiger partial charge >= 0.3 is 5.97 Å². The van der Waals surface area contributed by atoms with Gasteiger partial charge in [0.05, 0.1) is 46.0 Å². The highest BCUT2D eigenvalue weighted by Crippen LogP contribution is 2.41. The molecule has 0 N–H and O–H groups in total. The second-order valence-electron chi connectivity index (χ2n) is 7.40. The van der Waals surface area contributed by atoms with Crippen LogP contribution in [-0.4, -0.2) is 30.9 Å². The van der Waals surface area contributed by atoms with Crippen molar-refractivity contribution in [2.75, 3.05) is 20.3 Å². The van der Waals surface area contributed by atoms with Gasteiger partial charge in [0.25, 0.3) is 5.56 Å². The number of allylic oxidation sites excluding steroid dienone is 1. The van der Waals surface area contributed by atoms with Gasteiger partial charge < -0.3 is 14.2 Å². The minimum Gasteiger partial charge on any atom is -0.493 e. The van der Waals surface area contributed by atoms with Gasteiger partial charge in [-0.05, 0) is 72.6 Å². The highest BCUT2D eigenvalue weighted by atomic mass is 79.9. The Bertz CT molecular complexity index is 1500. The van der Waals surface area contributed by atoms with E-state index < -0.39 is 12.0 Å². The summed E-state index contributed by atoms with van der Waals surface area (Å²) >= 11 is 9.90. The van der Waals surface area contributed by atoms with Crippen LogP contribution in [0.3, 0.4) is 0 Å². The monoisotopic (exact) mass is 640 g/mol. The first-order valence-electron chi connectivity index (χ1n) is 10.7. The molecular formula is C24H22Br2N2O5S2. The number of nitrogens with zero attached hydrogens (tertiary/aromatic N) is 2. The van der Waals surface area contributed by atoms with Gasteiger partial charge in [0, 0.05) is 9.35 Å². The third-order valence-electron chi connectivity index (χ3n) is 5.26. The number of thiazole rings is 1. The maximum absolute atomic E-state index is 13.7. The van der Waals surface area contributed by atoms with Crippen molar-refractivity contribution in [3.63, 3.8) is 0 Å². The molecule has 3 aromatic rings. The number of benzene rings is 1. The molecule has 0 saturated heterocycles. The number of carbonyl (C=O) groups is 1. The quantitative estimate of drug-likeness (QED) is 0.347. The molecule has 7 nitrogen and oxygen atoms in total. The Kier molecular flexibility index (Phi) is 7.99. The Labute approximate surface area is 226 Å². The number of methoxy groups -OCH3 is 1. The molecule has 0 amide bonds. The zero-order valence-corrected chi connectivity index (χ0v) is 24.2. The summed E-state index contributed by atoms with van der Waals surface area (Å²) in [4.78, 5) is 32.9. The van der Waals surface area contributed by atoms with Gasteiger partial charge in [-0.3, -0.25) is 9.36 Å². The third kappa shape index (κ3) is 5.04. The summed E-state index contributed by atoms with van der Waals surface area (Å²) in [5.74, 6) is 0.531. The van der Waals surface area contributed by atoms with Gasteiger partial charge in [0.1, 0.15) is 0 Å². The predicted molar refractivity (Wildman–Crippen MR) is 144 cm³/mol. The molecule has 1 aliphatic rings. The lowest BCUT2D eigenvalue weighted by atomic mass is 9.95. The standard InChI is InChI=1S/C24H22Br2N2O5S2/c1-5-32-17-11-15(25)14(10-16(17)31-4)21-20(23(30)33-6-2)12(3)27-24-28(21)22(29)18(35-24)9-13-7-8-19(26)34-13/h7-11,21H,5-6H2,1-4H3/b18-9+/t21-/m0/s1. The van der Waals surface area contributed by atoms with Crippen LogP contribution in [0, 0.1) is 0 Å². The molecule has 1 aromatic carbocycles. The molecule has 0 unspecified atom stereocenters. The zero-order chi connectivity index (χ0) is 25.3. The summed E-state index contributed by atoms with van der Waals surface area (Å²) < 4.78 is 20.4. The number of hydrogen-bond donors (Lipinski definition) is 0. The van der Waals surface area contributed by atoms with E-state index in [0.717, 1.165) is 8.66 Å². The second kappa shape index (κ2) is 10.8. The average molecular weight is 642 g/mol. The maximum atomic E-state index is 13.7. The molecule has 0 bridgehead atoms. The lowest BCUT2D eigenvalue weighted by Crippen LogP contribution is -2.40. The average Bonchev–Trinajstić information content (AvgIpc) is 3.36. The van der Waals surface area contributed by atoms with Crippen LogP contribution >= 0.6 is 54.5 Å². The summed E-state index contributed by atoms with van der Waals surface area (Å²) in [5.41, 5.74) is 1.22. The Morgan fingerprint density at radius 2 is 1.94 bits per heavy atom. The third-order valence-corrected chi connectivity index (χ3v) is 8.50. The van der Waals surface area contributed by atoms with Crippen LogP contribution in [0.4, 0.5) is 0 Å². The number of aromatic nitrogens is 1. The molecule has 1 aliphatic heterocycles. The summed E-state index contributed by atoms with van der Waals surface area (Å²) in [6.45, 7) is 6.05. The highest BCUT2D eigenvalue weighted by Gasteiger charge is 2.35. The van der Waals surface area contributed by atoms with Gasteiger partial charge in [0.15, 0.2) is 16.3 Å². The van der Waals surface area contributed by atoms with E-state index in [4.69, 9.17) is 14.2 Å². The van der Waals surface area contributed by atoms with Crippen molar-refractivity contribution in [1.82, 2.24) is 4.57 Å². The van der Waals surface area contributed by atoms with Crippen molar-refractivity contribution in [2.45, 2.75) is 26.8 Å². The van der Waals surface area contributed by atoms with Crippen molar-refractivity contribution in [3.05, 3.63) is 73.9 Å². The molecule has 11 heteroatoms. The topological polar surface area (TPSA) is 79.1 Å². The van der Waals surface area contributed by atoms with Crippen molar-refractivity contribution < 1.29 is 19.0 Å². The van der Waals surface area contributed by atoms with E-state index >= 15 is 0 Å². The molecule has 2 aromatic heterocycles.